The molecule has 0 bridgehead atoms. The highest BCUT2D eigenvalue weighted by molar-refractivity contribution is 5.89. The molecular formula is C18H33N5O4. The molecule has 0 fully saturated rings. The third-order valence-corrected chi connectivity index (χ3v) is 4.09. The zero-order valence-electron chi connectivity index (χ0n) is 17.4. The first-order valence-electron chi connectivity index (χ1n) is 9.02. The average molecular weight is 383 g/mol. The van der Waals surface area contributed by atoms with Crippen LogP contribution in [0.2, 0.25) is 0 Å². The Morgan fingerprint density at radius 1 is 1.26 bits per heavy atom. The van der Waals surface area contributed by atoms with Gasteiger partial charge >= 0.3 is 12.1 Å². The van der Waals surface area contributed by atoms with E-state index in [-0.39, 0.29) is 18.5 Å². The van der Waals surface area contributed by atoms with Crippen molar-refractivity contribution < 1.29 is 19.1 Å². The Labute approximate surface area is 161 Å². The molecule has 0 aliphatic rings. The second-order valence-corrected chi connectivity index (χ2v) is 7.99. The molecule has 0 aromatic carbocycles. The van der Waals surface area contributed by atoms with Gasteiger partial charge in [0.05, 0.1) is 30.6 Å². The predicted molar refractivity (Wildman–Crippen MR) is 104 cm³/mol. The summed E-state index contributed by atoms with van der Waals surface area (Å²) in [6.07, 6.45) is 2.78. The van der Waals surface area contributed by atoms with E-state index in [2.05, 4.69) is 21.0 Å². The summed E-state index contributed by atoms with van der Waals surface area (Å²) >= 11 is 0. The summed E-state index contributed by atoms with van der Waals surface area (Å²) < 4.78 is 11.9. The highest BCUT2D eigenvalue weighted by Crippen LogP contribution is 2.17. The second-order valence-electron chi connectivity index (χ2n) is 7.99. The summed E-state index contributed by atoms with van der Waals surface area (Å²) in [5.74, 6) is 0.0719. The molecule has 0 aliphatic heterocycles. The van der Waals surface area contributed by atoms with Crippen LogP contribution in [0.1, 0.15) is 41.5 Å². The van der Waals surface area contributed by atoms with Crippen molar-refractivity contribution in [2.45, 2.75) is 59.2 Å². The zero-order valence-corrected chi connectivity index (χ0v) is 17.4. The summed E-state index contributed by atoms with van der Waals surface area (Å²) in [5, 5.41) is 12.6. The summed E-state index contributed by atoms with van der Waals surface area (Å²) in [5.41, 5.74) is -0.658. The molecule has 1 atom stereocenters. The number of aromatic nitrogens is 2. The fraction of sp³-hybridized carbons (Fsp3) is 0.722. The summed E-state index contributed by atoms with van der Waals surface area (Å²) in [4.78, 5) is 24.3. The van der Waals surface area contributed by atoms with Crippen molar-refractivity contribution in [3.8, 4) is 0 Å². The lowest BCUT2D eigenvalue weighted by Crippen LogP contribution is -2.58. The molecule has 0 radical (unpaired) electrons. The largest absolute Gasteiger partial charge is 0.444 e. The molecule has 1 aromatic heterocycles. The minimum Gasteiger partial charge on any atom is -0.444 e. The Kier molecular flexibility index (Phi) is 8.08. The highest BCUT2D eigenvalue weighted by Gasteiger charge is 2.31. The molecule has 1 rings (SSSR count). The van der Waals surface area contributed by atoms with E-state index in [1.165, 1.54) is 0 Å². The number of methoxy groups -OCH3 is 1. The van der Waals surface area contributed by atoms with Gasteiger partial charge in [0.25, 0.3) is 0 Å². The topological polar surface area (TPSA) is 107 Å². The summed E-state index contributed by atoms with van der Waals surface area (Å²) in [7, 11) is 1.62. The second kappa shape index (κ2) is 9.59. The van der Waals surface area contributed by atoms with Crippen LogP contribution in [0.15, 0.2) is 12.4 Å². The van der Waals surface area contributed by atoms with Crippen LogP contribution in [0.25, 0.3) is 0 Å². The number of anilines is 1. The molecule has 0 unspecified atom stereocenters. The van der Waals surface area contributed by atoms with Gasteiger partial charge in [0.15, 0.2) is 0 Å². The van der Waals surface area contributed by atoms with Gasteiger partial charge in [0, 0.05) is 19.9 Å². The Balaban J connectivity index is 2.62. The molecule has 154 valence electrons. The standard InChI is InChI=1S/C18H33N5O4/c1-13(2)18(6,12-19-16(25)27-17(3,4)5)22-15(24)21-14-10-20-23(11-14)8-9-26-7/h10-11,13H,8-9,12H2,1-7H3,(H,19,25)(H2,21,22,24)/t18-/m0/s1. The Hall–Kier alpha value is -2.29. The van der Waals surface area contributed by atoms with Crippen LogP contribution in [0, 0.1) is 5.92 Å². The van der Waals surface area contributed by atoms with Crippen LogP contribution < -0.4 is 16.0 Å². The number of carbonyl (C=O) groups excluding carboxylic acids is 2. The molecule has 0 aliphatic carbocycles. The van der Waals surface area contributed by atoms with Gasteiger partial charge in [-0.15, -0.1) is 0 Å². The monoisotopic (exact) mass is 383 g/mol. The third-order valence-electron chi connectivity index (χ3n) is 4.09. The lowest BCUT2D eigenvalue weighted by atomic mass is 9.88. The Bertz CT molecular complexity index is 624. The van der Waals surface area contributed by atoms with Crippen LogP contribution in [0.3, 0.4) is 0 Å². The first kappa shape index (κ1) is 22.8. The van der Waals surface area contributed by atoms with E-state index < -0.39 is 17.2 Å². The maximum absolute atomic E-state index is 12.4. The van der Waals surface area contributed by atoms with Crippen molar-refractivity contribution in [2.75, 3.05) is 25.6 Å². The van der Waals surface area contributed by atoms with Gasteiger partial charge in [0.1, 0.15) is 5.60 Å². The lowest BCUT2D eigenvalue weighted by Gasteiger charge is -2.35. The summed E-state index contributed by atoms with van der Waals surface area (Å²) in [6, 6.07) is -0.372. The van der Waals surface area contributed by atoms with Crippen LogP contribution in [0.4, 0.5) is 15.3 Å². The number of amides is 3. The number of alkyl carbamates (subject to hydrolysis) is 1. The van der Waals surface area contributed by atoms with Crippen molar-refractivity contribution in [1.29, 1.82) is 0 Å². The molecule has 0 spiro atoms. The van der Waals surface area contributed by atoms with Crippen molar-refractivity contribution in [1.82, 2.24) is 20.4 Å². The van der Waals surface area contributed by atoms with Gasteiger partial charge in [-0.25, -0.2) is 9.59 Å². The maximum Gasteiger partial charge on any atom is 0.407 e. The number of nitrogens with one attached hydrogen (secondary N) is 3. The van der Waals surface area contributed by atoms with E-state index >= 15 is 0 Å². The first-order chi connectivity index (χ1) is 12.4. The van der Waals surface area contributed by atoms with Crippen molar-refractivity contribution in [3.05, 3.63) is 12.4 Å². The van der Waals surface area contributed by atoms with Crippen LogP contribution in [-0.4, -0.2) is 53.3 Å². The zero-order chi connectivity index (χ0) is 20.7. The molecule has 1 heterocycles. The molecule has 27 heavy (non-hydrogen) atoms. The molecule has 0 saturated carbocycles. The Morgan fingerprint density at radius 3 is 2.48 bits per heavy atom. The molecular weight excluding hydrogens is 350 g/mol. The Morgan fingerprint density at radius 2 is 1.93 bits per heavy atom. The third kappa shape index (κ3) is 8.29. The van der Waals surface area contributed by atoms with E-state index in [0.717, 1.165) is 0 Å². The number of carbonyl (C=O) groups is 2. The van der Waals surface area contributed by atoms with Gasteiger partial charge in [-0.3, -0.25) is 4.68 Å². The van der Waals surface area contributed by atoms with Gasteiger partial charge in [-0.05, 0) is 33.6 Å². The molecule has 9 nitrogen and oxygen atoms in total. The lowest BCUT2D eigenvalue weighted by molar-refractivity contribution is 0.0505. The smallest absolute Gasteiger partial charge is 0.407 e. The quantitative estimate of drug-likeness (QED) is 0.640. The number of hydrogen-bond donors (Lipinski definition) is 3. The SMILES string of the molecule is COCCn1cc(NC(=O)N[C@@](C)(CNC(=O)OC(C)(C)C)C(C)C)cn1. The molecule has 0 saturated heterocycles. The van der Waals surface area contributed by atoms with Crippen molar-refractivity contribution in [3.63, 3.8) is 0 Å². The van der Waals surface area contributed by atoms with Gasteiger partial charge in [-0.2, -0.15) is 5.10 Å². The normalized spacial score (nSPS) is 13.8. The van der Waals surface area contributed by atoms with Crippen molar-refractivity contribution >= 4 is 17.8 Å². The number of hydrogen-bond acceptors (Lipinski definition) is 5. The number of urea groups is 1. The van der Waals surface area contributed by atoms with Crippen LogP contribution in [0.5, 0.6) is 0 Å². The maximum atomic E-state index is 12.4. The van der Waals surface area contributed by atoms with E-state index in [1.807, 2.05) is 20.8 Å². The van der Waals surface area contributed by atoms with Crippen molar-refractivity contribution in [2.24, 2.45) is 5.92 Å². The minimum atomic E-state index is -0.660. The van der Waals surface area contributed by atoms with E-state index in [0.29, 0.717) is 18.8 Å². The van der Waals surface area contributed by atoms with Gasteiger partial charge in [0.2, 0.25) is 0 Å². The first-order valence-corrected chi connectivity index (χ1v) is 9.02. The number of ether oxygens (including phenoxy) is 2. The number of rotatable bonds is 8. The van der Waals surface area contributed by atoms with E-state index in [4.69, 9.17) is 9.47 Å². The van der Waals surface area contributed by atoms with Gasteiger partial charge < -0.3 is 25.4 Å². The fourth-order valence-electron chi connectivity index (χ4n) is 2.12. The van der Waals surface area contributed by atoms with Gasteiger partial charge in [-0.1, -0.05) is 13.8 Å². The summed E-state index contributed by atoms with van der Waals surface area (Å²) in [6.45, 7) is 12.6. The van der Waals surface area contributed by atoms with Crippen LogP contribution >= 0.6 is 0 Å². The fourth-order valence-corrected chi connectivity index (χ4v) is 2.12. The molecule has 3 N–H and O–H groups in total. The van der Waals surface area contributed by atoms with Crippen LogP contribution in [-0.2, 0) is 16.0 Å². The number of nitrogens with zero attached hydrogens (tertiary/aromatic N) is 2. The highest BCUT2D eigenvalue weighted by atomic mass is 16.6. The molecule has 9 heteroatoms. The molecule has 1 aromatic rings. The molecule has 3 amide bonds. The minimum absolute atomic E-state index is 0.0719. The van der Waals surface area contributed by atoms with E-state index in [1.54, 1.807) is 45.0 Å². The van der Waals surface area contributed by atoms with E-state index in [9.17, 15) is 9.59 Å². The predicted octanol–water partition coefficient (Wildman–Crippen LogP) is 2.59. The average Bonchev–Trinajstić information content (AvgIpc) is 2.96.